The van der Waals surface area contributed by atoms with Crippen LogP contribution < -0.4 is 11.1 Å². The molecule has 0 bridgehead atoms. The minimum atomic E-state index is -0.560. The Balaban J connectivity index is 1.81. The van der Waals surface area contributed by atoms with Crippen LogP contribution in [0.1, 0.15) is 35.7 Å². The van der Waals surface area contributed by atoms with Crippen LogP contribution in [0, 0.1) is 12.8 Å². The number of nitrogens with one attached hydrogen (secondary N) is 2. The number of aromatic amines is 1. The van der Waals surface area contributed by atoms with E-state index in [1.165, 1.54) is 5.56 Å². The largest absolute Gasteiger partial charge is 0.364 e. The Labute approximate surface area is 160 Å². The van der Waals surface area contributed by atoms with Gasteiger partial charge in [-0.05, 0) is 48.4 Å². The zero-order valence-corrected chi connectivity index (χ0v) is 16.1. The summed E-state index contributed by atoms with van der Waals surface area (Å²) in [5.74, 6) is 1.47. The van der Waals surface area contributed by atoms with Crippen LogP contribution >= 0.6 is 11.3 Å². The Morgan fingerprint density at radius 1 is 1.33 bits per heavy atom. The smallest absolute Gasteiger partial charge is 0.269 e. The van der Waals surface area contributed by atoms with E-state index in [1.807, 2.05) is 25.1 Å². The lowest BCUT2D eigenvalue weighted by molar-refractivity contribution is 0.0997. The van der Waals surface area contributed by atoms with Gasteiger partial charge in [-0.3, -0.25) is 9.89 Å². The van der Waals surface area contributed by atoms with Crippen LogP contribution in [-0.4, -0.2) is 26.1 Å². The van der Waals surface area contributed by atoms with E-state index in [9.17, 15) is 4.79 Å². The number of carbonyl (C=O) groups excluding carboxylic acids is 1. The Kier molecular flexibility index (Phi) is 4.27. The monoisotopic (exact) mass is 380 g/mol. The molecule has 0 saturated heterocycles. The van der Waals surface area contributed by atoms with Crippen LogP contribution in [0.4, 0.5) is 11.5 Å². The van der Waals surface area contributed by atoms with Gasteiger partial charge in [0.1, 0.15) is 16.5 Å². The standard InChI is InChI=1S/C19H20N6OS/c1-9(2)6-11-8-27-19-15(11)18(21-10(3)22-19)23-12-4-5-14-13(7-12)16(17(20)26)25-24-14/h4-5,7-9H,6H2,1-3H3,(H2,20,26)(H,24,25)(H,21,22,23). The number of rotatable bonds is 5. The normalized spacial score (nSPS) is 11.6. The summed E-state index contributed by atoms with van der Waals surface area (Å²) in [5.41, 5.74) is 8.46. The quantitative estimate of drug-likeness (QED) is 0.486. The maximum atomic E-state index is 11.6. The van der Waals surface area contributed by atoms with Gasteiger partial charge in [0.2, 0.25) is 0 Å². The first-order valence-electron chi connectivity index (χ1n) is 8.72. The van der Waals surface area contributed by atoms with E-state index in [1.54, 1.807) is 11.3 Å². The van der Waals surface area contributed by atoms with Crippen LogP contribution in [0.3, 0.4) is 0 Å². The number of fused-ring (bicyclic) bond motifs is 2. The van der Waals surface area contributed by atoms with Crippen molar-refractivity contribution in [1.82, 2.24) is 20.2 Å². The van der Waals surface area contributed by atoms with Crippen LogP contribution in [-0.2, 0) is 6.42 Å². The number of aromatic nitrogens is 4. The van der Waals surface area contributed by atoms with Crippen molar-refractivity contribution >= 4 is 49.9 Å². The van der Waals surface area contributed by atoms with Crippen LogP contribution in [0.25, 0.3) is 21.1 Å². The molecule has 0 aliphatic carbocycles. The Morgan fingerprint density at radius 2 is 2.15 bits per heavy atom. The topological polar surface area (TPSA) is 110 Å². The summed E-state index contributed by atoms with van der Waals surface area (Å²) < 4.78 is 0. The lowest BCUT2D eigenvalue weighted by atomic mass is 10.0. The number of primary amides is 1. The highest BCUT2D eigenvalue weighted by Gasteiger charge is 2.16. The second-order valence-corrected chi connectivity index (χ2v) is 7.84. The van der Waals surface area contributed by atoms with E-state index in [4.69, 9.17) is 5.73 Å². The third-order valence-electron chi connectivity index (χ3n) is 4.31. The second kappa shape index (κ2) is 6.62. The molecule has 0 saturated carbocycles. The molecule has 8 heteroatoms. The molecule has 1 aromatic carbocycles. The van der Waals surface area contributed by atoms with E-state index in [2.05, 4.69) is 44.7 Å². The summed E-state index contributed by atoms with van der Waals surface area (Å²) >= 11 is 1.64. The SMILES string of the molecule is Cc1nc(Nc2ccc3[nH]nc(C(N)=O)c3c2)c2c(CC(C)C)csc2n1. The molecule has 138 valence electrons. The summed E-state index contributed by atoms with van der Waals surface area (Å²) in [6.45, 7) is 6.28. The summed E-state index contributed by atoms with van der Waals surface area (Å²) in [4.78, 5) is 21.8. The number of H-pyrrole nitrogens is 1. The molecule has 3 heterocycles. The number of nitrogens with two attached hydrogens (primary N) is 1. The molecule has 4 aromatic rings. The lowest BCUT2D eigenvalue weighted by Gasteiger charge is -2.11. The van der Waals surface area contributed by atoms with Gasteiger partial charge in [0, 0.05) is 11.1 Å². The van der Waals surface area contributed by atoms with Gasteiger partial charge in [0.05, 0.1) is 10.9 Å². The predicted octanol–water partition coefficient (Wildman–Crippen LogP) is 3.92. The number of anilines is 2. The molecule has 27 heavy (non-hydrogen) atoms. The minimum absolute atomic E-state index is 0.230. The number of hydrogen-bond donors (Lipinski definition) is 3. The predicted molar refractivity (Wildman–Crippen MR) is 109 cm³/mol. The summed E-state index contributed by atoms with van der Waals surface area (Å²) in [7, 11) is 0. The average molecular weight is 380 g/mol. The van der Waals surface area contributed by atoms with Crippen molar-refractivity contribution in [3.05, 3.63) is 40.7 Å². The minimum Gasteiger partial charge on any atom is -0.364 e. The molecule has 0 radical (unpaired) electrons. The molecule has 4 N–H and O–H groups in total. The molecule has 3 aromatic heterocycles. The van der Waals surface area contributed by atoms with Crippen molar-refractivity contribution in [2.45, 2.75) is 27.2 Å². The second-order valence-electron chi connectivity index (χ2n) is 6.98. The first-order chi connectivity index (χ1) is 12.9. The lowest BCUT2D eigenvalue weighted by Crippen LogP contribution is -2.11. The van der Waals surface area contributed by atoms with Gasteiger partial charge in [0.15, 0.2) is 5.69 Å². The maximum Gasteiger partial charge on any atom is 0.269 e. The van der Waals surface area contributed by atoms with Crippen molar-refractivity contribution in [3.8, 4) is 0 Å². The van der Waals surface area contributed by atoms with E-state index >= 15 is 0 Å². The molecular weight excluding hydrogens is 360 g/mol. The van der Waals surface area contributed by atoms with Gasteiger partial charge in [-0.15, -0.1) is 11.3 Å². The zero-order valence-electron chi connectivity index (χ0n) is 15.3. The van der Waals surface area contributed by atoms with Gasteiger partial charge in [0.25, 0.3) is 5.91 Å². The molecule has 0 atom stereocenters. The summed E-state index contributed by atoms with van der Waals surface area (Å²) in [6, 6.07) is 5.64. The first kappa shape index (κ1) is 17.4. The van der Waals surface area contributed by atoms with Crippen LogP contribution in [0.15, 0.2) is 23.6 Å². The van der Waals surface area contributed by atoms with E-state index in [-0.39, 0.29) is 5.69 Å². The molecule has 0 aliphatic heterocycles. The number of aryl methyl sites for hydroxylation is 1. The van der Waals surface area contributed by atoms with Crippen molar-refractivity contribution in [1.29, 1.82) is 0 Å². The van der Waals surface area contributed by atoms with Crippen molar-refractivity contribution in [2.75, 3.05) is 5.32 Å². The number of amides is 1. The van der Waals surface area contributed by atoms with Gasteiger partial charge in [-0.25, -0.2) is 9.97 Å². The number of carbonyl (C=O) groups is 1. The fourth-order valence-corrected chi connectivity index (χ4v) is 4.20. The van der Waals surface area contributed by atoms with Gasteiger partial charge < -0.3 is 11.1 Å². The number of hydrogen-bond acceptors (Lipinski definition) is 6. The average Bonchev–Trinajstić information content (AvgIpc) is 3.18. The highest BCUT2D eigenvalue weighted by atomic mass is 32.1. The zero-order chi connectivity index (χ0) is 19.1. The Morgan fingerprint density at radius 3 is 2.89 bits per heavy atom. The molecule has 4 rings (SSSR count). The van der Waals surface area contributed by atoms with Crippen LogP contribution in [0.2, 0.25) is 0 Å². The molecule has 0 fully saturated rings. The highest BCUT2D eigenvalue weighted by Crippen LogP contribution is 2.33. The highest BCUT2D eigenvalue weighted by molar-refractivity contribution is 7.17. The fourth-order valence-electron chi connectivity index (χ4n) is 3.20. The van der Waals surface area contributed by atoms with E-state index in [0.717, 1.165) is 33.7 Å². The van der Waals surface area contributed by atoms with Crippen molar-refractivity contribution in [3.63, 3.8) is 0 Å². The maximum absolute atomic E-state index is 11.6. The molecule has 0 spiro atoms. The van der Waals surface area contributed by atoms with Gasteiger partial charge in [-0.1, -0.05) is 13.8 Å². The Hall–Kier alpha value is -3.00. The molecular formula is C19H20N6OS. The molecule has 1 amide bonds. The molecule has 0 aliphatic rings. The number of benzene rings is 1. The van der Waals surface area contributed by atoms with E-state index < -0.39 is 5.91 Å². The summed E-state index contributed by atoms with van der Waals surface area (Å²) in [6.07, 6.45) is 0.966. The molecule has 0 unspecified atom stereocenters. The van der Waals surface area contributed by atoms with Gasteiger partial charge in [-0.2, -0.15) is 5.10 Å². The third kappa shape index (κ3) is 3.23. The van der Waals surface area contributed by atoms with Crippen molar-refractivity contribution in [2.24, 2.45) is 11.7 Å². The van der Waals surface area contributed by atoms with Crippen LogP contribution in [0.5, 0.6) is 0 Å². The third-order valence-corrected chi connectivity index (χ3v) is 5.23. The summed E-state index contributed by atoms with van der Waals surface area (Å²) in [5, 5.41) is 14.1. The first-order valence-corrected chi connectivity index (χ1v) is 9.60. The van der Waals surface area contributed by atoms with Crippen molar-refractivity contribution < 1.29 is 4.79 Å². The fraction of sp³-hybridized carbons (Fsp3) is 0.263. The Bertz CT molecular complexity index is 1160. The number of nitrogens with zero attached hydrogens (tertiary/aromatic N) is 3. The number of thiophene rings is 1. The van der Waals surface area contributed by atoms with Gasteiger partial charge >= 0.3 is 0 Å². The molecule has 7 nitrogen and oxygen atoms in total. The van der Waals surface area contributed by atoms with E-state index in [0.29, 0.717) is 17.1 Å².